The van der Waals surface area contributed by atoms with Crippen molar-refractivity contribution in [3.63, 3.8) is 0 Å². The van der Waals surface area contributed by atoms with E-state index in [1.54, 1.807) is 0 Å². The number of nitrogens with one attached hydrogen (secondary N) is 2. The van der Waals surface area contributed by atoms with Gasteiger partial charge in [-0.25, -0.2) is 0 Å². The Labute approximate surface area is 155 Å². The molecule has 0 heterocycles. The Morgan fingerprint density at radius 3 is 1.92 bits per heavy atom. The van der Waals surface area contributed by atoms with Gasteiger partial charge in [-0.2, -0.15) is 10.2 Å². The van der Waals surface area contributed by atoms with Crippen molar-refractivity contribution in [2.24, 2.45) is 10.2 Å². The maximum atomic E-state index is 11.7. The molecule has 2 N–H and O–H groups in total. The van der Waals surface area contributed by atoms with Crippen LogP contribution in [0.25, 0.3) is 0 Å². The Balaban J connectivity index is 1.94. The van der Waals surface area contributed by atoms with Crippen molar-refractivity contribution >= 4 is 28.7 Å². The third-order valence-electron chi connectivity index (χ3n) is 3.95. The number of carbonyl (C=O) groups excluding carboxylic acids is 1. The fourth-order valence-corrected chi connectivity index (χ4v) is 2.49. The lowest BCUT2D eigenvalue weighted by molar-refractivity contribution is -0.115. The molecule has 26 heavy (non-hydrogen) atoms. The fourth-order valence-electron chi connectivity index (χ4n) is 2.49. The van der Waals surface area contributed by atoms with E-state index in [0.717, 1.165) is 36.7 Å². The Morgan fingerprint density at radius 2 is 1.42 bits per heavy atom. The number of nitrogens with zero attached hydrogens (tertiary/aromatic N) is 3. The molecule has 1 amide bonds. The van der Waals surface area contributed by atoms with Gasteiger partial charge >= 0.3 is 0 Å². The van der Waals surface area contributed by atoms with E-state index in [9.17, 15) is 4.79 Å². The van der Waals surface area contributed by atoms with Gasteiger partial charge in [0, 0.05) is 24.5 Å². The van der Waals surface area contributed by atoms with Gasteiger partial charge in [-0.1, -0.05) is 6.92 Å². The van der Waals surface area contributed by atoms with Crippen molar-refractivity contribution < 1.29 is 4.79 Å². The van der Waals surface area contributed by atoms with Crippen LogP contribution in [0.15, 0.2) is 58.8 Å². The molecule has 0 saturated carbocycles. The van der Waals surface area contributed by atoms with Gasteiger partial charge in [0.2, 0.25) is 5.91 Å². The lowest BCUT2D eigenvalue weighted by Crippen LogP contribution is -2.27. The highest BCUT2D eigenvalue weighted by molar-refractivity contribution is 5.92. The molecule has 0 fully saturated rings. The number of carbonyl (C=O) groups is 1. The van der Waals surface area contributed by atoms with Crippen molar-refractivity contribution in [3.8, 4) is 0 Å². The molecular formula is C20H27N5O. The summed E-state index contributed by atoms with van der Waals surface area (Å²) in [6.07, 6.45) is 0. The van der Waals surface area contributed by atoms with E-state index in [1.807, 2.05) is 43.3 Å². The van der Waals surface area contributed by atoms with Crippen molar-refractivity contribution in [1.82, 2.24) is 5.32 Å². The highest BCUT2D eigenvalue weighted by Crippen LogP contribution is 2.23. The summed E-state index contributed by atoms with van der Waals surface area (Å²) in [5, 5.41) is 14.3. The molecule has 0 aromatic heterocycles. The Kier molecular flexibility index (Phi) is 7.76. The van der Waals surface area contributed by atoms with Crippen LogP contribution in [0.1, 0.15) is 20.8 Å². The summed E-state index contributed by atoms with van der Waals surface area (Å²) >= 11 is 0. The van der Waals surface area contributed by atoms with E-state index < -0.39 is 0 Å². The van der Waals surface area contributed by atoms with Crippen molar-refractivity contribution in [2.75, 3.05) is 36.4 Å². The summed E-state index contributed by atoms with van der Waals surface area (Å²) in [5.41, 5.74) is 3.48. The van der Waals surface area contributed by atoms with Gasteiger partial charge in [-0.15, -0.1) is 0 Å². The zero-order chi connectivity index (χ0) is 18.8. The van der Waals surface area contributed by atoms with Gasteiger partial charge in [0.1, 0.15) is 0 Å². The summed E-state index contributed by atoms with van der Waals surface area (Å²) in [6, 6.07) is 15.4. The summed E-state index contributed by atoms with van der Waals surface area (Å²) in [7, 11) is 0. The van der Waals surface area contributed by atoms with E-state index in [1.165, 1.54) is 5.69 Å². The van der Waals surface area contributed by atoms with Crippen LogP contribution in [0.4, 0.5) is 22.7 Å². The van der Waals surface area contributed by atoms with E-state index in [2.05, 4.69) is 51.7 Å². The minimum atomic E-state index is -0.0606. The van der Waals surface area contributed by atoms with Crippen LogP contribution in [0, 0.1) is 0 Å². The first-order valence-electron chi connectivity index (χ1n) is 9.03. The van der Waals surface area contributed by atoms with Crippen LogP contribution in [0.2, 0.25) is 0 Å². The number of hydrogen-bond donors (Lipinski definition) is 2. The zero-order valence-corrected chi connectivity index (χ0v) is 15.7. The Bertz CT molecular complexity index is 706. The summed E-state index contributed by atoms with van der Waals surface area (Å²) in [4.78, 5) is 13.9. The predicted octanol–water partition coefficient (Wildman–Crippen LogP) is 4.50. The number of hydrogen-bond acceptors (Lipinski definition) is 5. The largest absolute Gasteiger partial charge is 0.372 e. The molecule has 0 saturated heterocycles. The molecule has 0 radical (unpaired) electrons. The minimum absolute atomic E-state index is 0.0606. The third kappa shape index (κ3) is 5.97. The first-order chi connectivity index (χ1) is 12.7. The van der Waals surface area contributed by atoms with Crippen LogP contribution in [-0.4, -0.2) is 32.1 Å². The third-order valence-corrected chi connectivity index (χ3v) is 3.95. The van der Waals surface area contributed by atoms with E-state index in [-0.39, 0.29) is 5.91 Å². The molecule has 0 spiro atoms. The maximum absolute atomic E-state index is 11.7. The number of amides is 1. The van der Waals surface area contributed by atoms with Gasteiger partial charge in [-0.3, -0.25) is 4.79 Å². The molecule has 0 unspecified atom stereocenters. The quantitative estimate of drug-likeness (QED) is 0.652. The Morgan fingerprint density at radius 1 is 0.885 bits per heavy atom. The molecule has 6 heteroatoms. The van der Waals surface area contributed by atoms with Crippen LogP contribution in [-0.2, 0) is 4.79 Å². The molecule has 0 aliphatic rings. The summed E-state index contributed by atoms with van der Waals surface area (Å²) in [5.74, 6) is -0.0606. The number of anilines is 2. The second-order valence-electron chi connectivity index (χ2n) is 5.76. The standard InChI is InChI=1S/C20H27N5O/c1-4-21-15-20(26)22-16-7-9-17(10-8-16)23-24-18-11-13-19(14-12-18)25(5-2)6-3/h7-14,21H,4-6,15H2,1-3H3,(H,22,26). The lowest BCUT2D eigenvalue weighted by atomic mass is 10.2. The second-order valence-corrected chi connectivity index (χ2v) is 5.76. The van der Waals surface area contributed by atoms with Gasteiger partial charge in [0.25, 0.3) is 0 Å². The maximum Gasteiger partial charge on any atom is 0.238 e. The number of likely N-dealkylation sites (N-methyl/N-ethyl adjacent to an activating group) is 1. The zero-order valence-electron chi connectivity index (χ0n) is 15.7. The molecule has 2 aromatic carbocycles. The normalized spacial score (nSPS) is 10.9. The highest BCUT2D eigenvalue weighted by atomic mass is 16.1. The first kappa shape index (κ1) is 19.6. The molecule has 0 aliphatic carbocycles. The van der Waals surface area contributed by atoms with Crippen LogP contribution in [0.3, 0.4) is 0 Å². The average Bonchev–Trinajstić information content (AvgIpc) is 2.68. The number of azo groups is 1. The predicted molar refractivity (Wildman–Crippen MR) is 108 cm³/mol. The highest BCUT2D eigenvalue weighted by Gasteiger charge is 2.02. The van der Waals surface area contributed by atoms with Crippen LogP contribution < -0.4 is 15.5 Å². The fraction of sp³-hybridized carbons (Fsp3) is 0.350. The summed E-state index contributed by atoms with van der Waals surface area (Å²) < 4.78 is 0. The molecule has 0 bridgehead atoms. The monoisotopic (exact) mass is 353 g/mol. The van der Waals surface area contributed by atoms with Gasteiger partial charge < -0.3 is 15.5 Å². The van der Waals surface area contributed by atoms with Crippen LogP contribution >= 0.6 is 0 Å². The smallest absolute Gasteiger partial charge is 0.238 e. The SMILES string of the molecule is CCNCC(=O)Nc1ccc(N=Nc2ccc(N(CC)CC)cc2)cc1. The summed E-state index contributed by atoms with van der Waals surface area (Å²) in [6.45, 7) is 9.28. The van der Waals surface area contributed by atoms with Crippen LogP contribution in [0.5, 0.6) is 0 Å². The molecule has 2 rings (SSSR count). The average molecular weight is 353 g/mol. The van der Waals surface area contributed by atoms with E-state index >= 15 is 0 Å². The first-order valence-corrected chi connectivity index (χ1v) is 9.03. The van der Waals surface area contributed by atoms with Crippen molar-refractivity contribution in [2.45, 2.75) is 20.8 Å². The van der Waals surface area contributed by atoms with Crippen molar-refractivity contribution in [3.05, 3.63) is 48.5 Å². The second kappa shape index (κ2) is 10.3. The molecule has 6 nitrogen and oxygen atoms in total. The van der Waals surface area contributed by atoms with E-state index in [4.69, 9.17) is 0 Å². The van der Waals surface area contributed by atoms with Gasteiger partial charge in [-0.05, 0) is 68.9 Å². The van der Waals surface area contributed by atoms with Crippen molar-refractivity contribution in [1.29, 1.82) is 0 Å². The Hall–Kier alpha value is -2.73. The van der Waals surface area contributed by atoms with E-state index in [0.29, 0.717) is 6.54 Å². The van der Waals surface area contributed by atoms with Gasteiger partial charge in [0.15, 0.2) is 0 Å². The molecular weight excluding hydrogens is 326 g/mol. The molecule has 2 aromatic rings. The van der Waals surface area contributed by atoms with Gasteiger partial charge in [0.05, 0.1) is 17.9 Å². The minimum Gasteiger partial charge on any atom is -0.372 e. The number of benzene rings is 2. The topological polar surface area (TPSA) is 69.1 Å². The lowest BCUT2D eigenvalue weighted by Gasteiger charge is -2.20. The molecule has 0 atom stereocenters. The number of rotatable bonds is 9. The molecule has 138 valence electrons. The molecule has 0 aliphatic heterocycles.